The average Bonchev–Trinajstić information content (AvgIpc) is 3.45. The van der Waals surface area contributed by atoms with Gasteiger partial charge in [0, 0.05) is 41.1 Å². The van der Waals surface area contributed by atoms with Gasteiger partial charge in [-0.15, -0.1) is 0 Å². The van der Waals surface area contributed by atoms with Gasteiger partial charge in [0.1, 0.15) is 28.6 Å². The van der Waals surface area contributed by atoms with Crippen LogP contribution in [0.5, 0.6) is 0 Å². The van der Waals surface area contributed by atoms with E-state index in [0.717, 1.165) is 17.4 Å². The first kappa shape index (κ1) is 36.8. The van der Waals surface area contributed by atoms with Crippen molar-refractivity contribution in [2.45, 2.75) is 44.3 Å². The first-order valence-corrected chi connectivity index (χ1v) is 16.4. The molecular formula is C37H32ClF6N6O2+. The third kappa shape index (κ3) is 7.08. The molecule has 2 aliphatic carbocycles. The summed E-state index contributed by atoms with van der Waals surface area (Å²) >= 11 is 6.46. The van der Waals surface area contributed by atoms with Gasteiger partial charge in [0.25, 0.3) is 12.3 Å². The molecule has 0 bridgehead atoms. The van der Waals surface area contributed by atoms with E-state index in [4.69, 9.17) is 22.0 Å². The molecule has 1 fully saturated rings. The number of carbonyl (C=O) groups is 1. The summed E-state index contributed by atoms with van der Waals surface area (Å²) < 4.78 is 88.3. The summed E-state index contributed by atoms with van der Waals surface area (Å²) in [6, 6.07) is 8.23. The van der Waals surface area contributed by atoms with Gasteiger partial charge in [-0.25, -0.2) is 22.5 Å². The molecule has 3 unspecified atom stereocenters. The van der Waals surface area contributed by atoms with Gasteiger partial charge in [-0.3, -0.25) is 14.9 Å². The Kier molecular flexibility index (Phi) is 9.58. The monoisotopic (exact) mass is 741 g/mol. The smallest absolute Gasteiger partial charge is 0.327 e. The Labute approximate surface area is 299 Å². The summed E-state index contributed by atoms with van der Waals surface area (Å²) in [6.45, 7) is 5.76. The van der Waals surface area contributed by atoms with Crippen LogP contribution in [0.4, 0.5) is 26.3 Å². The van der Waals surface area contributed by atoms with E-state index in [9.17, 15) is 27.5 Å². The van der Waals surface area contributed by atoms with Crippen LogP contribution in [0.1, 0.15) is 36.8 Å². The minimum atomic E-state index is -3.62. The predicted octanol–water partition coefficient (Wildman–Crippen LogP) is 5.64. The van der Waals surface area contributed by atoms with Gasteiger partial charge in [0.15, 0.2) is 12.2 Å². The number of rotatable bonds is 10. The molecule has 2 aromatic heterocycles. The third-order valence-electron chi connectivity index (χ3n) is 8.96. The number of nitrogens with one attached hydrogen (secondary N) is 2. The number of nitrogens with zero attached hydrogens (tertiary/aromatic N) is 3. The summed E-state index contributed by atoms with van der Waals surface area (Å²) in [4.78, 5) is 18.4. The lowest BCUT2D eigenvalue weighted by Gasteiger charge is -2.23. The molecule has 3 atom stereocenters. The van der Waals surface area contributed by atoms with Gasteiger partial charge in [0.05, 0.1) is 34.4 Å². The Morgan fingerprint density at radius 3 is 2.50 bits per heavy atom. The minimum Gasteiger partial charge on any atom is -0.378 e. The molecule has 15 heteroatoms. The number of alkyl halides is 4. The Hall–Kier alpha value is -4.97. The maximum atomic E-state index is 15.4. The number of benzene rings is 2. The summed E-state index contributed by atoms with van der Waals surface area (Å²) in [5.41, 5.74) is -1.96. The van der Waals surface area contributed by atoms with Crippen molar-refractivity contribution in [3.63, 3.8) is 0 Å². The van der Waals surface area contributed by atoms with Crippen molar-refractivity contribution in [3.8, 4) is 23.0 Å². The topological polar surface area (TPSA) is 120 Å². The zero-order valence-electron chi connectivity index (χ0n) is 28.0. The summed E-state index contributed by atoms with van der Waals surface area (Å²) in [6.07, 6.45) is -1.99. The molecule has 6 rings (SSSR count). The molecule has 0 aliphatic heterocycles. The van der Waals surface area contributed by atoms with E-state index in [0.29, 0.717) is 33.1 Å². The van der Waals surface area contributed by atoms with Crippen molar-refractivity contribution in [2.24, 2.45) is 18.9 Å². The first-order valence-electron chi connectivity index (χ1n) is 16.0. The van der Waals surface area contributed by atoms with Crippen LogP contribution in [0.25, 0.3) is 22.0 Å². The molecule has 0 radical (unpaired) electrons. The molecule has 52 heavy (non-hydrogen) atoms. The Bertz CT molecular complexity index is 2230. The second-order valence-electron chi connectivity index (χ2n) is 13.3. The Morgan fingerprint density at radius 2 is 1.85 bits per heavy atom. The lowest BCUT2D eigenvalue weighted by atomic mass is 9.93. The molecule has 1 saturated carbocycles. The standard InChI is InChI=1S/C37H31ClF6N6O2/c1-17-28-29(31(45)35(41)42)34(37(43,44)30(17)28)46-16-27(51)49-26(13-18-11-19(39)14-20(40)12-18)32-22(6-5-21(48-32)9-10-36(2,3)52)23-7-8-25(38)24-15-47-50(4)33(23)24/h5-8,11-12,14-15,26,28,30,35,45-46,52H,1,13,16H2,2-4H3,(H,49,51)/p+1. The lowest BCUT2D eigenvalue weighted by molar-refractivity contribution is -0.609. The number of pyridine rings is 1. The van der Waals surface area contributed by atoms with E-state index < -0.39 is 76.9 Å². The number of fused-ring (bicyclic) bond motifs is 2. The molecule has 1 amide bonds. The molecule has 2 aromatic carbocycles. The van der Waals surface area contributed by atoms with Crippen molar-refractivity contribution in [1.29, 1.82) is 5.41 Å². The summed E-state index contributed by atoms with van der Waals surface area (Å²) in [7, 11) is 1.69. The van der Waals surface area contributed by atoms with Crippen LogP contribution in [0.2, 0.25) is 5.02 Å². The van der Waals surface area contributed by atoms with Crippen LogP contribution in [-0.4, -0.2) is 56.0 Å². The van der Waals surface area contributed by atoms with Gasteiger partial charge < -0.3 is 15.7 Å². The number of aromatic nitrogens is 3. The average molecular weight is 742 g/mol. The van der Waals surface area contributed by atoms with Crippen molar-refractivity contribution >= 4 is 34.1 Å². The number of hydrogen-bond donors (Lipinski definition) is 4. The fourth-order valence-corrected chi connectivity index (χ4v) is 6.86. The number of quaternary nitrogens is 1. The van der Waals surface area contributed by atoms with Crippen LogP contribution in [0.3, 0.4) is 0 Å². The highest BCUT2D eigenvalue weighted by Gasteiger charge is 2.71. The molecule has 0 spiro atoms. The van der Waals surface area contributed by atoms with Gasteiger partial charge in [-0.1, -0.05) is 35.7 Å². The van der Waals surface area contributed by atoms with Gasteiger partial charge in [-0.2, -0.15) is 13.9 Å². The van der Waals surface area contributed by atoms with Crippen molar-refractivity contribution in [1.82, 2.24) is 20.1 Å². The van der Waals surface area contributed by atoms with Crippen LogP contribution in [0.15, 0.2) is 72.1 Å². The highest BCUT2D eigenvalue weighted by atomic mass is 35.5. The highest BCUT2D eigenvalue weighted by molar-refractivity contribution is 6.35. The normalized spacial score (nSPS) is 18.3. The predicted molar refractivity (Wildman–Crippen MR) is 182 cm³/mol. The highest BCUT2D eigenvalue weighted by Crippen LogP contribution is 2.64. The first-order chi connectivity index (χ1) is 24.4. The molecule has 0 saturated heterocycles. The van der Waals surface area contributed by atoms with Gasteiger partial charge in [0.2, 0.25) is 0 Å². The van der Waals surface area contributed by atoms with E-state index in [1.165, 1.54) is 13.8 Å². The minimum absolute atomic E-state index is 0.0466. The fraction of sp³-hybridized carbons (Fsp3) is 0.297. The number of amides is 1. The number of carbonyl (C=O) groups excluding carboxylic acids is 1. The van der Waals surface area contributed by atoms with Crippen molar-refractivity contribution < 1.29 is 41.6 Å². The van der Waals surface area contributed by atoms with E-state index in [1.54, 1.807) is 42.2 Å². The number of nitrogens with two attached hydrogens (primary N) is 1. The SMILES string of the molecule is C=C1C2C(C(=N)C(F)F)=C([NH2+]CC(=O)NC(Cc3cc(F)cc(F)c3)c3nc(C#CC(C)(C)O)ccc3-c3ccc(Cl)c4cnn(C)c34)C(F)(F)C12. The molecule has 4 aromatic rings. The quantitative estimate of drug-likeness (QED) is 0.0728. The summed E-state index contributed by atoms with van der Waals surface area (Å²) in [5, 5.41) is 26.9. The molecule has 5 N–H and O–H groups in total. The zero-order chi connectivity index (χ0) is 37.9. The number of allylic oxidation sites excluding steroid dienone is 3. The summed E-state index contributed by atoms with van der Waals surface area (Å²) in [5.74, 6) is -3.33. The van der Waals surface area contributed by atoms with Crippen LogP contribution < -0.4 is 10.6 Å². The van der Waals surface area contributed by atoms with Crippen molar-refractivity contribution in [3.05, 3.63) is 106 Å². The maximum absolute atomic E-state index is 15.4. The number of aliphatic hydroxyl groups is 1. The Morgan fingerprint density at radius 1 is 1.17 bits per heavy atom. The number of hydrogen-bond acceptors (Lipinski definition) is 5. The second kappa shape index (κ2) is 13.5. The van der Waals surface area contributed by atoms with E-state index >= 15 is 8.78 Å². The number of aryl methyl sites for hydroxylation is 1. The van der Waals surface area contributed by atoms with Crippen molar-refractivity contribution in [2.75, 3.05) is 6.54 Å². The molecule has 8 nitrogen and oxygen atoms in total. The van der Waals surface area contributed by atoms with Crippen LogP contribution >= 0.6 is 11.6 Å². The van der Waals surface area contributed by atoms with Crippen LogP contribution in [0, 0.1) is 40.7 Å². The van der Waals surface area contributed by atoms with Crippen LogP contribution in [-0.2, 0) is 18.3 Å². The molecular weight excluding hydrogens is 710 g/mol. The lowest BCUT2D eigenvalue weighted by Crippen LogP contribution is -2.87. The molecule has 2 heterocycles. The second-order valence-corrected chi connectivity index (χ2v) is 13.7. The third-order valence-corrected chi connectivity index (χ3v) is 9.29. The van der Waals surface area contributed by atoms with Gasteiger partial charge in [-0.05, 0) is 62.1 Å². The maximum Gasteiger partial charge on any atom is 0.327 e. The molecule has 270 valence electrons. The largest absolute Gasteiger partial charge is 0.378 e. The molecule has 2 aliphatic rings. The van der Waals surface area contributed by atoms with E-state index in [1.807, 2.05) is 0 Å². The number of halogens is 7. The fourth-order valence-electron chi connectivity index (χ4n) is 6.66. The van der Waals surface area contributed by atoms with E-state index in [2.05, 4.69) is 28.8 Å². The van der Waals surface area contributed by atoms with Gasteiger partial charge >= 0.3 is 5.92 Å². The Balaban J connectivity index is 1.44. The van der Waals surface area contributed by atoms with E-state index in [-0.39, 0.29) is 28.9 Å². The zero-order valence-corrected chi connectivity index (χ0v) is 28.7.